The van der Waals surface area contributed by atoms with Crippen molar-refractivity contribution in [3.05, 3.63) is 35.4 Å². The molecule has 2 N–H and O–H groups in total. The first-order valence-electron chi connectivity index (χ1n) is 9.56. The van der Waals surface area contributed by atoms with Gasteiger partial charge in [0.2, 0.25) is 5.91 Å². The van der Waals surface area contributed by atoms with Gasteiger partial charge in [-0.25, -0.2) is 0 Å². The smallest absolute Gasteiger partial charge is 0.308 e. The quantitative estimate of drug-likeness (QED) is 0.830. The molecular formula is C21H28N2O4. The number of likely N-dealkylation sites (tertiary alicyclic amines) is 1. The third-order valence-corrected chi connectivity index (χ3v) is 5.68. The fraction of sp³-hybridized carbons (Fsp3) is 0.571. The fourth-order valence-electron chi connectivity index (χ4n) is 3.79. The Bertz CT molecular complexity index is 732. The lowest BCUT2D eigenvalue weighted by Crippen LogP contribution is -2.39. The number of amides is 2. The molecule has 6 nitrogen and oxygen atoms in total. The molecule has 0 unspecified atom stereocenters. The van der Waals surface area contributed by atoms with Crippen LogP contribution in [0.15, 0.2) is 24.3 Å². The molecule has 1 heterocycles. The number of nitrogens with one attached hydrogen (secondary N) is 1. The average Bonchev–Trinajstić information content (AvgIpc) is 3.36. The summed E-state index contributed by atoms with van der Waals surface area (Å²) in [5.41, 5.74) is 1.66. The van der Waals surface area contributed by atoms with Crippen LogP contribution in [0.25, 0.3) is 0 Å². The molecule has 3 rings (SSSR count). The first-order valence-corrected chi connectivity index (χ1v) is 9.56. The summed E-state index contributed by atoms with van der Waals surface area (Å²) in [5.74, 6) is -1.35. The summed E-state index contributed by atoms with van der Waals surface area (Å²) in [7, 11) is 0. The van der Waals surface area contributed by atoms with Gasteiger partial charge >= 0.3 is 5.97 Å². The Labute approximate surface area is 159 Å². The Kier molecular flexibility index (Phi) is 5.27. The number of carbonyl (C=O) groups is 3. The minimum atomic E-state index is -0.829. The molecule has 27 heavy (non-hydrogen) atoms. The summed E-state index contributed by atoms with van der Waals surface area (Å²) >= 11 is 0. The fourth-order valence-corrected chi connectivity index (χ4v) is 3.79. The van der Waals surface area contributed by atoms with E-state index < -0.39 is 11.9 Å². The van der Waals surface area contributed by atoms with E-state index in [0.29, 0.717) is 18.0 Å². The van der Waals surface area contributed by atoms with Gasteiger partial charge in [0.05, 0.1) is 12.5 Å². The van der Waals surface area contributed by atoms with Crippen molar-refractivity contribution in [3.8, 4) is 0 Å². The van der Waals surface area contributed by atoms with Crippen molar-refractivity contribution in [1.82, 2.24) is 10.2 Å². The molecule has 0 aromatic heterocycles. The van der Waals surface area contributed by atoms with Gasteiger partial charge in [0.1, 0.15) is 0 Å². The lowest BCUT2D eigenvalue weighted by atomic mass is 9.87. The number of carbonyl (C=O) groups excluding carboxylic acids is 2. The summed E-state index contributed by atoms with van der Waals surface area (Å²) < 4.78 is 0. The van der Waals surface area contributed by atoms with E-state index in [-0.39, 0.29) is 36.2 Å². The first kappa shape index (κ1) is 19.4. The molecule has 1 saturated heterocycles. The first-order chi connectivity index (χ1) is 12.7. The third kappa shape index (κ3) is 4.49. The molecule has 1 saturated carbocycles. The zero-order chi connectivity index (χ0) is 19.8. The molecule has 1 aliphatic carbocycles. The van der Waals surface area contributed by atoms with Crippen LogP contribution in [-0.4, -0.2) is 47.4 Å². The van der Waals surface area contributed by atoms with Gasteiger partial charge in [-0.3, -0.25) is 14.4 Å². The molecule has 0 spiro atoms. The molecule has 146 valence electrons. The normalized spacial score (nSPS) is 22.6. The van der Waals surface area contributed by atoms with Crippen LogP contribution in [0.1, 0.15) is 49.5 Å². The molecule has 2 aliphatic rings. The maximum absolute atomic E-state index is 12.4. The molecule has 6 heteroatoms. The molecule has 1 aromatic rings. The van der Waals surface area contributed by atoms with Crippen molar-refractivity contribution in [2.45, 2.75) is 39.0 Å². The van der Waals surface area contributed by atoms with Gasteiger partial charge in [-0.15, -0.1) is 0 Å². The second-order valence-corrected chi connectivity index (χ2v) is 8.75. The van der Waals surface area contributed by atoms with Crippen LogP contribution in [-0.2, 0) is 15.0 Å². The highest BCUT2D eigenvalue weighted by Crippen LogP contribution is 2.44. The number of aliphatic carboxylic acids is 1. The Balaban J connectivity index is 1.54. The number of hydrogen-bond donors (Lipinski definition) is 2. The van der Waals surface area contributed by atoms with Crippen LogP contribution in [0.2, 0.25) is 0 Å². The van der Waals surface area contributed by atoms with Crippen LogP contribution >= 0.6 is 0 Å². The number of carboxylic acids is 1. The van der Waals surface area contributed by atoms with E-state index in [1.54, 1.807) is 17.0 Å². The van der Waals surface area contributed by atoms with E-state index >= 15 is 0 Å². The summed E-state index contributed by atoms with van der Waals surface area (Å²) in [4.78, 5) is 37.8. The van der Waals surface area contributed by atoms with Crippen molar-refractivity contribution in [2.75, 3.05) is 19.6 Å². The Morgan fingerprint density at radius 2 is 1.74 bits per heavy atom. The van der Waals surface area contributed by atoms with Crippen molar-refractivity contribution >= 4 is 17.8 Å². The monoisotopic (exact) mass is 372 g/mol. The molecule has 1 aromatic carbocycles. The summed E-state index contributed by atoms with van der Waals surface area (Å²) in [6.45, 7) is 6.94. The van der Waals surface area contributed by atoms with Crippen molar-refractivity contribution in [1.29, 1.82) is 0 Å². The zero-order valence-electron chi connectivity index (χ0n) is 16.2. The standard InChI is InChI=1S/C21H28N2O4/c1-21(2,3)15-8-6-14(7-9-15)19(25)22-10-18(24)23-11-16(13-4-5-13)17(12-23)20(26)27/h6-9,13,16-17H,4-5,10-12H2,1-3H3,(H,22,25)(H,26,27)/t16-,17+/m1/s1. The maximum atomic E-state index is 12.4. The van der Waals surface area contributed by atoms with E-state index in [4.69, 9.17) is 0 Å². The second kappa shape index (κ2) is 7.33. The highest BCUT2D eigenvalue weighted by molar-refractivity contribution is 5.96. The Morgan fingerprint density at radius 3 is 2.26 bits per heavy atom. The number of rotatable bonds is 5. The Morgan fingerprint density at radius 1 is 1.11 bits per heavy atom. The van der Waals surface area contributed by atoms with Gasteiger partial charge in [0, 0.05) is 18.7 Å². The molecular weight excluding hydrogens is 344 g/mol. The zero-order valence-corrected chi connectivity index (χ0v) is 16.2. The summed E-state index contributed by atoms with van der Waals surface area (Å²) in [6.07, 6.45) is 2.11. The summed E-state index contributed by atoms with van der Waals surface area (Å²) in [5, 5.41) is 12.1. The van der Waals surface area contributed by atoms with Crippen LogP contribution in [0.5, 0.6) is 0 Å². The summed E-state index contributed by atoms with van der Waals surface area (Å²) in [6, 6.07) is 7.38. The van der Waals surface area contributed by atoms with Gasteiger partial charge in [-0.1, -0.05) is 32.9 Å². The highest BCUT2D eigenvalue weighted by Gasteiger charge is 2.46. The minimum Gasteiger partial charge on any atom is -0.481 e. The van der Waals surface area contributed by atoms with Crippen LogP contribution in [0.3, 0.4) is 0 Å². The topological polar surface area (TPSA) is 86.7 Å². The molecule has 1 aliphatic heterocycles. The third-order valence-electron chi connectivity index (χ3n) is 5.68. The molecule has 0 radical (unpaired) electrons. The minimum absolute atomic E-state index is 0.0134. The predicted molar refractivity (Wildman–Crippen MR) is 101 cm³/mol. The predicted octanol–water partition coefficient (Wildman–Crippen LogP) is 2.28. The lowest BCUT2D eigenvalue weighted by molar-refractivity contribution is -0.142. The van der Waals surface area contributed by atoms with Crippen LogP contribution < -0.4 is 5.32 Å². The van der Waals surface area contributed by atoms with Gasteiger partial charge in [-0.2, -0.15) is 0 Å². The largest absolute Gasteiger partial charge is 0.481 e. The lowest BCUT2D eigenvalue weighted by Gasteiger charge is -2.19. The van der Waals surface area contributed by atoms with Crippen molar-refractivity contribution < 1.29 is 19.5 Å². The van der Waals surface area contributed by atoms with Crippen LogP contribution in [0, 0.1) is 17.8 Å². The van der Waals surface area contributed by atoms with E-state index in [0.717, 1.165) is 18.4 Å². The number of carboxylic acid groups (broad SMARTS) is 1. The van der Waals surface area contributed by atoms with E-state index in [1.807, 2.05) is 12.1 Å². The number of hydrogen-bond acceptors (Lipinski definition) is 3. The van der Waals surface area contributed by atoms with Gasteiger partial charge in [0.15, 0.2) is 0 Å². The van der Waals surface area contributed by atoms with Crippen molar-refractivity contribution in [3.63, 3.8) is 0 Å². The molecule has 0 bridgehead atoms. The Hall–Kier alpha value is -2.37. The second-order valence-electron chi connectivity index (χ2n) is 8.75. The van der Waals surface area contributed by atoms with E-state index in [2.05, 4.69) is 26.1 Å². The number of benzene rings is 1. The SMILES string of the molecule is CC(C)(C)c1ccc(C(=O)NCC(=O)N2C[C@H](C(=O)O)[C@@H](C3CC3)C2)cc1. The maximum Gasteiger partial charge on any atom is 0.308 e. The van der Waals surface area contributed by atoms with Crippen molar-refractivity contribution in [2.24, 2.45) is 17.8 Å². The molecule has 2 atom stereocenters. The molecule has 2 fully saturated rings. The number of nitrogens with zero attached hydrogens (tertiary/aromatic N) is 1. The van der Waals surface area contributed by atoms with Gasteiger partial charge in [0.25, 0.3) is 5.91 Å². The van der Waals surface area contributed by atoms with Crippen LogP contribution in [0.4, 0.5) is 0 Å². The molecule has 2 amide bonds. The highest BCUT2D eigenvalue weighted by atomic mass is 16.4. The van der Waals surface area contributed by atoms with Gasteiger partial charge < -0.3 is 15.3 Å². The van der Waals surface area contributed by atoms with E-state index in [1.165, 1.54) is 0 Å². The van der Waals surface area contributed by atoms with Gasteiger partial charge in [-0.05, 0) is 47.8 Å². The average molecular weight is 372 g/mol. The van der Waals surface area contributed by atoms with E-state index in [9.17, 15) is 19.5 Å².